The first-order valence-corrected chi connectivity index (χ1v) is 5.23. The molecule has 0 bridgehead atoms. The van der Waals surface area contributed by atoms with Gasteiger partial charge >= 0.3 is 0 Å². The van der Waals surface area contributed by atoms with Crippen LogP contribution in [0, 0.1) is 5.92 Å². The summed E-state index contributed by atoms with van der Waals surface area (Å²) in [6.07, 6.45) is 9.92. The lowest BCUT2D eigenvalue weighted by Crippen LogP contribution is -2.27. The maximum Gasteiger partial charge on any atom is 0.00361 e. The van der Waals surface area contributed by atoms with Gasteiger partial charge < -0.3 is 5.32 Å². The molecule has 0 aromatic heterocycles. The van der Waals surface area contributed by atoms with Gasteiger partial charge in [-0.15, -0.1) is 0 Å². The average Bonchev–Trinajstić information content (AvgIpc) is 2.57. The van der Waals surface area contributed by atoms with Gasteiger partial charge in [-0.05, 0) is 45.1 Å². The van der Waals surface area contributed by atoms with Gasteiger partial charge in [0.2, 0.25) is 0 Å². The van der Waals surface area contributed by atoms with Crippen LogP contribution in [0.4, 0.5) is 0 Å². The normalized spacial score (nSPS) is 24.7. The second-order valence-corrected chi connectivity index (χ2v) is 3.82. The third-order valence-electron chi connectivity index (χ3n) is 2.73. The molecule has 0 fully saturated rings. The van der Waals surface area contributed by atoms with E-state index in [0.29, 0.717) is 6.04 Å². The first-order chi connectivity index (χ1) is 5.83. The average molecular weight is 167 g/mol. The largest absolute Gasteiger partial charge is 0.314 e. The van der Waals surface area contributed by atoms with Crippen molar-refractivity contribution >= 4 is 0 Å². The second-order valence-electron chi connectivity index (χ2n) is 3.82. The highest BCUT2D eigenvalue weighted by Gasteiger charge is 2.08. The van der Waals surface area contributed by atoms with Crippen molar-refractivity contribution < 1.29 is 0 Å². The smallest absolute Gasteiger partial charge is 0.00361 e. The van der Waals surface area contributed by atoms with Gasteiger partial charge in [0.25, 0.3) is 0 Å². The van der Waals surface area contributed by atoms with Crippen LogP contribution in [-0.4, -0.2) is 12.6 Å². The van der Waals surface area contributed by atoms with Gasteiger partial charge in [-0.2, -0.15) is 0 Å². The molecule has 70 valence electrons. The molecular weight excluding hydrogens is 146 g/mol. The minimum absolute atomic E-state index is 0.690. The van der Waals surface area contributed by atoms with E-state index in [1.807, 2.05) is 0 Å². The molecule has 0 aliphatic heterocycles. The monoisotopic (exact) mass is 167 g/mol. The van der Waals surface area contributed by atoms with Crippen molar-refractivity contribution in [2.75, 3.05) is 6.54 Å². The molecule has 1 nitrogen and oxygen atoms in total. The Morgan fingerprint density at radius 2 is 2.42 bits per heavy atom. The van der Waals surface area contributed by atoms with Gasteiger partial charge in [0.15, 0.2) is 0 Å². The molecule has 1 aliphatic rings. The van der Waals surface area contributed by atoms with Crippen molar-refractivity contribution in [3.63, 3.8) is 0 Å². The van der Waals surface area contributed by atoms with E-state index < -0.39 is 0 Å². The summed E-state index contributed by atoms with van der Waals surface area (Å²) in [7, 11) is 0. The topological polar surface area (TPSA) is 12.0 Å². The van der Waals surface area contributed by atoms with Crippen LogP contribution in [0.3, 0.4) is 0 Å². The minimum atomic E-state index is 0.690. The summed E-state index contributed by atoms with van der Waals surface area (Å²) in [5.41, 5.74) is 0. The van der Waals surface area contributed by atoms with E-state index in [0.717, 1.165) is 5.92 Å². The molecule has 1 rings (SSSR count). The Bertz CT molecular complexity index is 140. The molecule has 2 atom stereocenters. The van der Waals surface area contributed by atoms with Crippen LogP contribution in [0.1, 0.15) is 39.5 Å². The Balaban J connectivity index is 1.98. The third-order valence-corrected chi connectivity index (χ3v) is 2.73. The Morgan fingerprint density at radius 3 is 3.00 bits per heavy atom. The Hall–Kier alpha value is -0.300. The maximum absolute atomic E-state index is 3.53. The van der Waals surface area contributed by atoms with Crippen molar-refractivity contribution in [3.8, 4) is 0 Å². The summed E-state index contributed by atoms with van der Waals surface area (Å²) >= 11 is 0. The van der Waals surface area contributed by atoms with Crippen LogP contribution in [0.5, 0.6) is 0 Å². The van der Waals surface area contributed by atoms with Crippen LogP contribution in [0.2, 0.25) is 0 Å². The number of rotatable bonds is 5. The fourth-order valence-corrected chi connectivity index (χ4v) is 1.60. The van der Waals surface area contributed by atoms with E-state index in [9.17, 15) is 0 Å². The fraction of sp³-hybridized carbons (Fsp3) is 0.818. The van der Waals surface area contributed by atoms with Crippen LogP contribution in [0.15, 0.2) is 12.2 Å². The van der Waals surface area contributed by atoms with Crippen molar-refractivity contribution in [1.82, 2.24) is 5.32 Å². The zero-order valence-corrected chi connectivity index (χ0v) is 8.34. The van der Waals surface area contributed by atoms with E-state index in [4.69, 9.17) is 0 Å². The highest BCUT2D eigenvalue weighted by atomic mass is 14.9. The summed E-state index contributed by atoms with van der Waals surface area (Å²) in [6, 6.07) is 0.690. The number of allylic oxidation sites excluding steroid dienone is 2. The quantitative estimate of drug-likeness (QED) is 0.621. The Kier molecular flexibility index (Phi) is 4.37. The third kappa shape index (κ3) is 3.40. The predicted molar refractivity (Wildman–Crippen MR) is 54.2 cm³/mol. The molecule has 0 spiro atoms. The molecule has 2 unspecified atom stereocenters. The van der Waals surface area contributed by atoms with Gasteiger partial charge in [0.1, 0.15) is 0 Å². The fourth-order valence-electron chi connectivity index (χ4n) is 1.60. The lowest BCUT2D eigenvalue weighted by molar-refractivity contribution is 0.480. The molecule has 0 saturated carbocycles. The molecule has 0 aromatic carbocycles. The lowest BCUT2D eigenvalue weighted by atomic mass is 10.1. The molecule has 1 heteroatoms. The number of nitrogens with one attached hydrogen (secondary N) is 1. The van der Waals surface area contributed by atoms with Crippen molar-refractivity contribution in [2.24, 2.45) is 5.92 Å². The molecule has 0 radical (unpaired) electrons. The molecule has 1 aliphatic carbocycles. The molecule has 0 amide bonds. The van der Waals surface area contributed by atoms with E-state index >= 15 is 0 Å². The molecular formula is C11H21N. The summed E-state index contributed by atoms with van der Waals surface area (Å²) in [5, 5.41) is 3.53. The standard InChI is InChI=1S/C11H21N/c1-3-10(2)12-9-8-11-6-4-5-7-11/h4,6,10-12H,3,5,7-9H2,1-2H3. The van der Waals surface area contributed by atoms with E-state index in [1.165, 1.54) is 32.2 Å². The van der Waals surface area contributed by atoms with E-state index in [2.05, 4.69) is 31.3 Å². The highest BCUT2D eigenvalue weighted by molar-refractivity contribution is 4.96. The van der Waals surface area contributed by atoms with E-state index in [1.54, 1.807) is 0 Å². The summed E-state index contributed by atoms with van der Waals surface area (Å²) in [6.45, 7) is 5.67. The van der Waals surface area contributed by atoms with Gasteiger partial charge in [-0.25, -0.2) is 0 Å². The van der Waals surface area contributed by atoms with Gasteiger partial charge in [0, 0.05) is 6.04 Å². The summed E-state index contributed by atoms with van der Waals surface area (Å²) in [5.74, 6) is 0.863. The first kappa shape index (κ1) is 9.79. The Labute approximate surface area is 76.2 Å². The zero-order chi connectivity index (χ0) is 8.81. The summed E-state index contributed by atoms with van der Waals surface area (Å²) in [4.78, 5) is 0. The first-order valence-electron chi connectivity index (χ1n) is 5.23. The van der Waals surface area contributed by atoms with Crippen LogP contribution in [-0.2, 0) is 0 Å². The Morgan fingerprint density at radius 1 is 1.58 bits per heavy atom. The zero-order valence-electron chi connectivity index (χ0n) is 8.34. The van der Waals surface area contributed by atoms with Crippen LogP contribution < -0.4 is 5.32 Å². The van der Waals surface area contributed by atoms with Gasteiger partial charge in [0.05, 0.1) is 0 Å². The maximum atomic E-state index is 3.53. The molecule has 12 heavy (non-hydrogen) atoms. The lowest BCUT2D eigenvalue weighted by Gasteiger charge is -2.13. The van der Waals surface area contributed by atoms with Crippen molar-refractivity contribution in [3.05, 3.63) is 12.2 Å². The summed E-state index contributed by atoms with van der Waals surface area (Å²) < 4.78 is 0. The van der Waals surface area contributed by atoms with Crippen LogP contribution in [0.25, 0.3) is 0 Å². The number of hydrogen-bond donors (Lipinski definition) is 1. The molecule has 0 saturated heterocycles. The van der Waals surface area contributed by atoms with Crippen LogP contribution >= 0.6 is 0 Å². The SMILES string of the molecule is CCC(C)NCCC1C=CCC1. The number of hydrogen-bond acceptors (Lipinski definition) is 1. The van der Waals surface area contributed by atoms with Gasteiger partial charge in [-0.3, -0.25) is 0 Å². The van der Waals surface area contributed by atoms with Crippen molar-refractivity contribution in [2.45, 2.75) is 45.6 Å². The minimum Gasteiger partial charge on any atom is -0.314 e. The van der Waals surface area contributed by atoms with E-state index in [-0.39, 0.29) is 0 Å². The molecule has 0 aromatic rings. The van der Waals surface area contributed by atoms with Gasteiger partial charge in [-0.1, -0.05) is 19.1 Å². The predicted octanol–water partition coefficient (Wildman–Crippen LogP) is 2.73. The second kappa shape index (κ2) is 5.36. The highest BCUT2D eigenvalue weighted by Crippen LogP contribution is 2.19. The van der Waals surface area contributed by atoms with Crippen molar-refractivity contribution in [1.29, 1.82) is 0 Å². The molecule has 1 N–H and O–H groups in total. The molecule has 0 heterocycles.